The van der Waals surface area contributed by atoms with Crippen molar-refractivity contribution >= 4 is 0 Å². The van der Waals surface area contributed by atoms with E-state index in [1.165, 1.54) is 36.8 Å². The Balaban J connectivity index is 2.70. The van der Waals surface area contributed by atoms with Crippen LogP contribution in [0.15, 0.2) is 17.2 Å². The molecule has 1 radical (unpaired) electrons. The summed E-state index contributed by atoms with van der Waals surface area (Å²) in [4.78, 5) is 0. The van der Waals surface area contributed by atoms with Crippen molar-refractivity contribution in [3.8, 4) is 0 Å². The van der Waals surface area contributed by atoms with Gasteiger partial charge in [-0.25, -0.2) is 0 Å². The molecule has 0 nitrogen and oxygen atoms in total. The third kappa shape index (κ3) is 1.44. The zero-order chi connectivity index (χ0) is 6.69. The Kier molecular flexibility index (Phi) is 2.10. The molecule has 0 heterocycles. The largest absolute Gasteiger partial charge is 0.0701 e. The van der Waals surface area contributed by atoms with Crippen molar-refractivity contribution in [2.75, 3.05) is 0 Å². The van der Waals surface area contributed by atoms with Gasteiger partial charge in [0.25, 0.3) is 0 Å². The molecule has 0 aromatic heterocycles. The molecule has 49 valence electrons. The first-order valence-electron chi connectivity index (χ1n) is 3.58. The Hall–Kier alpha value is -0.520. The molecule has 0 heteroatoms. The van der Waals surface area contributed by atoms with Gasteiger partial charge >= 0.3 is 0 Å². The van der Waals surface area contributed by atoms with Crippen molar-refractivity contribution in [2.45, 2.75) is 32.6 Å². The van der Waals surface area contributed by atoms with Crippen LogP contribution < -0.4 is 0 Å². The maximum atomic E-state index is 5.41. The van der Waals surface area contributed by atoms with Gasteiger partial charge in [-0.3, -0.25) is 0 Å². The number of hydrogen-bond acceptors (Lipinski definition) is 0. The Labute approximate surface area is 57.3 Å². The summed E-state index contributed by atoms with van der Waals surface area (Å²) in [6.45, 7) is 7.59. The first-order chi connectivity index (χ1) is 4.34. The topological polar surface area (TPSA) is 0 Å². The molecule has 0 aliphatic heterocycles. The lowest BCUT2D eigenvalue weighted by Gasteiger charge is -2.13. The molecule has 9 heavy (non-hydrogen) atoms. The zero-order valence-electron chi connectivity index (χ0n) is 5.98. The van der Waals surface area contributed by atoms with Crippen LogP contribution in [0.1, 0.15) is 32.6 Å². The monoisotopic (exact) mass is 121 g/mol. The number of hydrogen-bond donors (Lipinski definition) is 0. The van der Waals surface area contributed by atoms with Crippen LogP contribution in [0.5, 0.6) is 0 Å². The summed E-state index contributed by atoms with van der Waals surface area (Å²) >= 11 is 0. The van der Waals surface area contributed by atoms with E-state index in [2.05, 4.69) is 6.92 Å². The predicted molar refractivity (Wildman–Crippen MR) is 40.0 cm³/mol. The lowest BCUT2D eigenvalue weighted by Crippen LogP contribution is -1.93. The third-order valence-corrected chi connectivity index (χ3v) is 2.00. The van der Waals surface area contributed by atoms with Crippen LogP contribution in [-0.4, -0.2) is 0 Å². The Bertz CT molecular complexity index is 140. The number of rotatable bonds is 1. The van der Waals surface area contributed by atoms with Crippen molar-refractivity contribution in [1.82, 2.24) is 0 Å². The SMILES string of the molecule is [CH]=CC1=C(C)CCCC1. The van der Waals surface area contributed by atoms with Crippen LogP contribution in [0.3, 0.4) is 0 Å². The second kappa shape index (κ2) is 2.86. The maximum Gasteiger partial charge on any atom is -0.0279 e. The molecule has 0 bridgehead atoms. The maximum absolute atomic E-state index is 5.41. The fourth-order valence-corrected chi connectivity index (χ4v) is 1.31. The average molecular weight is 121 g/mol. The Morgan fingerprint density at radius 1 is 1.33 bits per heavy atom. The second-order valence-electron chi connectivity index (χ2n) is 2.68. The highest BCUT2D eigenvalue weighted by atomic mass is 14.1. The average Bonchev–Trinajstić information content (AvgIpc) is 1.89. The van der Waals surface area contributed by atoms with E-state index in [4.69, 9.17) is 6.58 Å². The van der Waals surface area contributed by atoms with Gasteiger partial charge in [0.15, 0.2) is 0 Å². The summed E-state index contributed by atoms with van der Waals surface area (Å²) in [6.07, 6.45) is 6.88. The molecule has 0 atom stereocenters. The van der Waals surface area contributed by atoms with Gasteiger partial charge in [0.2, 0.25) is 0 Å². The zero-order valence-corrected chi connectivity index (χ0v) is 5.98. The quantitative estimate of drug-likeness (QED) is 0.500. The minimum absolute atomic E-state index is 1.20. The summed E-state index contributed by atoms with van der Waals surface area (Å²) in [7, 11) is 0. The predicted octanol–water partition coefficient (Wildman–Crippen LogP) is 2.87. The van der Waals surface area contributed by atoms with Crippen molar-refractivity contribution in [3.05, 3.63) is 23.8 Å². The molecular formula is C9H13. The lowest BCUT2D eigenvalue weighted by atomic mass is 9.93. The van der Waals surface area contributed by atoms with Crippen LogP contribution in [-0.2, 0) is 0 Å². The summed E-state index contributed by atoms with van der Waals surface area (Å²) in [5.41, 5.74) is 2.87. The molecule has 0 N–H and O–H groups in total. The van der Waals surface area contributed by atoms with Gasteiger partial charge in [-0.15, -0.1) is 0 Å². The van der Waals surface area contributed by atoms with E-state index in [0.29, 0.717) is 0 Å². The van der Waals surface area contributed by atoms with Crippen LogP contribution in [0, 0.1) is 6.58 Å². The minimum Gasteiger partial charge on any atom is -0.0701 e. The van der Waals surface area contributed by atoms with Crippen molar-refractivity contribution < 1.29 is 0 Å². The summed E-state index contributed by atoms with van der Waals surface area (Å²) in [5.74, 6) is 0. The minimum atomic E-state index is 1.20. The van der Waals surface area contributed by atoms with Gasteiger partial charge in [0.1, 0.15) is 0 Å². The van der Waals surface area contributed by atoms with Crippen LogP contribution in [0.2, 0.25) is 0 Å². The molecule has 1 rings (SSSR count). The molecule has 0 amide bonds. The summed E-state index contributed by atoms with van der Waals surface area (Å²) < 4.78 is 0. The van der Waals surface area contributed by atoms with Gasteiger partial charge in [-0.05, 0) is 38.2 Å². The molecule has 0 spiro atoms. The van der Waals surface area contributed by atoms with Gasteiger partial charge in [-0.1, -0.05) is 18.2 Å². The Morgan fingerprint density at radius 3 is 2.44 bits per heavy atom. The first-order valence-corrected chi connectivity index (χ1v) is 3.58. The van der Waals surface area contributed by atoms with Crippen molar-refractivity contribution in [1.29, 1.82) is 0 Å². The highest BCUT2D eigenvalue weighted by molar-refractivity contribution is 5.23. The van der Waals surface area contributed by atoms with Crippen molar-refractivity contribution in [2.24, 2.45) is 0 Å². The fraction of sp³-hybridized carbons (Fsp3) is 0.556. The Morgan fingerprint density at radius 2 is 2.00 bits per heavy atom. The molecular weight excluding hydrogens is 108 g/mol. The van der Waals surface area contributed by atoms with E-state index in [1.807, 2.05) is 0 Å². The van der Waals surface area contributed by atoms with E-state index < -0.39 is 0 Å². The van der Waals surface area contributed by atoms with E-state index in [1.54, 1.807) is 6.08 Å². The molecule has 0 unspecified atom stereocenters. The highest BCUT2D eigenvalue weighted by Gasteiger charge is 2.04. The second-order valence-corrected chi connectivity index (χ2v) is 2.68. The normalized spacial score (nSPS) is 20.1. The molecule has 1 aliphatic carbocycles. The van der Waals surface area contributed by atoms with E-state index in [9.17, 15) is 0 Å². The fourth-order valence-electron chi connectivity index (χ4n) is 1.31. The molecule has 0 aromatic rings. The smallest absolute Gasteiger partial charge is 0.0279 e. The van der Waals surface area contributed by atoms with E-state index in [0.717, 1.165) is 0 Å². The third-order valence-electron chi connectivity index (χ3n) is 2.00. The van der Waals surface area contributed by atoms with Crippen molar-refractivity contribution in [3.63, 3.8) is 0 Å². The highest BCUT2D eigenvalue weighted by Crippen LogP contribution is 2.24. The van der Waals surface area contributed by atoms with Crippen LogP contribution in [0.25, 0.3) is 0 Å². The van der Waals surface area contributed by atoms with Gasteiger partial charge in [-0.2, -0.15) is 0 Å². The summed E-state index contributed by atoms with van der Waals surface area (Å²) in [6, 6.07) is 0. The first kappa shape index (κ1) is 6.60. The molecule has 0 aromatic carbocycles. The van der Waals surface area contributed by atoms with Gasteiger partial charge in [0, 0.05) is 0 Å². The van der Waals surface area contributed by atoms with Crippen LogP contribution >= 0.6 is 0 Å². The molecule has 1 aliphatic rings. The van der Waals surface area contributed by atoms with E-state index >= 15 is 0 Å². The summed E-state index contributed by atoms with van der Waals surface area (Å²) in [5, 5.41) is 0. The molecule has 0 fully saturated rings. The number of allylic oxidation sites excluding steroid dienone is 3. The molecule has 0 saturated heterocycles. The van der Waals surface area contributed by atoms with Gasteiger partial charge in [0.05, 0.1) is 0 Å². The standard InChI is InChI=1S/C9H13/c1-3-9-7-5-4-6-8(9)2/h1,3H,4-7H2,2H3. The van der Waals surface area contributed by atoms with E-state index in [-0.39, 0.29) is 0 Å². The van der Waals surface area contributed by atoms with Gasteiger partial charge < -0.3 is 0 Å². The van der Waals surface area contributed by atoms with Crippen LogP contribution in [0.4, 0.5) is 0 Å². The molecule has 0 saturated carbocycles. The lowest BCUT2D eigenvalue weighted by molar-refractivity contribution is 0.683.